The molecule has 0 bridgehead atoms. The van der Waals surface area contributed by atoms with E-state index < -0.39 is 0 Å². The Morgan fingerprint density at radius 3 is 2.95 bits per heavy atom. The molecule has 21 heavy (non-hydrogen) atoms. The predicted molar refractivity (Wildman–Crippen MR) is 88.9 cm³/mol. The fourth-order valence-corrected chi connectivity index (χ4v) is 2.39. The summed E-state index contributed by atoms with van der Waals surface area (Å²) < 4.78 is 0.962. The Hall–Kier alpha value is -2.21. The van der Waals surface area contributed by atoms with Crippen molar-refractivity contribution in [3.05, 3.63) is 47.2 Å². The Labute approximate surface area is 131 Å². The van der Waals surface area contributed by atoms with E-state index in [-0.39, 0.29) is 0 Å². The van der Waals surface area contributed by atoms with E-state index in [4.69, 9.17) is 0 Å². The maximum Gasteiger partial charge on any atom is 0.224 e. The number of rotatable bonds is 4. The molecule has 5 nitrogen and oxygen atoms in total. The van der Waals surface area contributed by atoms with Crippen molar-refractivity contribution in [1.29, 1.82) is 0 Å². The van der Waals surface area contributed by atoms with Gasteiger partial charge in [0, 0.05) is 28.8 Å². The van der Waals surface area contributed by atoms with Crippen molar-refractivity contribution >= 4 is 44.3 Å². The number of nitrogens with zero attached hydrogens (tertiary/aromatic N) is 3. The minimum atomic E-state index is 0.610. The highest BCUT2D eigenvalue weighted by molar-refractivity contribution is 9.10. The second-order valence-corrected chi connectivity index (χ2v) is 5.37. The van der Waals surface area contributed by atoms with Crippen LogP contribution in [0.2, 0.25) is 0 Å². The Kier molecular flexibility index (Phi) is 3.96. The molecule has 0 aliphatic heterocycles. The summed E-state index contributed by atoms with van der Waals surface area (Å²) in [6.45, 7) is 2.79. The van der Waals surface area contributed by atoms with Gasteiger partial charge < -0.3 is 10.6 Å². The van der Waals surface area contributed by atoms with E-state index in [1.807, 2.05) is 37.3 Å². The van der Waals surface area contributed by atoms with Gasteiger partial charge in [0.15, 0.2) is 0 Å². The van der Waals surface area contributed by atoms with Crippen molar-refractivity contribution < 1.29 is 0 Å². The topological polar surface area (TPSA) is 62.7 Å². The first-order valence-electron chi connectivity index (χ1n) is 6.64. The van der Waals surface area contributed by atoms with Crippen LogP contribution in [0.4, 0.5) is 17.5 Å². The molecule has 0 amide bonds. The minimum Gasteiger partial charge on any atom is -0.354 e. The highest BCUT2D eigenvalue weighted by Gasteiger charge is 2.05. The third kappa shape index (κ3) is 3.11. The van der Waals surface area contributed by atoms with E-state index in [2.05, 4.69) is 41.5 Å². The SMILES string of the molecule is CCNc1nccc(Nc2cccc3cc(Br)cnc23)n1. The average Bonchev–Trinajstić information content (AvgIpc) is 2.48. The van der Waals surface area contributed by atoms with Gasteiger partial charge in [-0.15, -0.1) is 0 Å². The number of aromatic nitrogens is 3. The van der Waals surface area contributed by atoms with Gasteiger partial charge >= 0.3 is 0 Å². The summed E-state index contributed by atoms with van der Waals surface area (Å²) in [5, 5.41) is 7.46. The van der Waals surface area contributed by atoms with E-state index in [1.165, 1.54) is 0 Å². The van der Waals surface area contributed by atoms with Gasteiger partial charge in [0.25, 0.3) is 0 Å². The first kappa shape index (κ1) is 13.8. The summed E-state index contributed by atoms with van der Waals surface area (Å²) >= 11 is 3.44. The first-order valence-corrected chi connectivity index (χ1v) is 7.44. The minimum absolute atomic E-state index is 0.610. The molecule has 0 saturated carbocycles. The zero-order valence-corrected chi connectivity index (χ0v) is 13.1. The summed E-state index contributed by atoms with van der Waals surface area (Å²) in [4.78, 5) is 13.0. The molecule has 3 rings (SSSR count). The molecule has 0 saturated heterocycles. The van der Waals surface area contributed by atoms with Crippen LogP contribution >= 0.6 is 15.9 Å². The van der Waals surface area contributed by atoms with Crippen LogP contribution in [0.25, 0.3) is 10.9 Å². The number of benzene rings is 1. The average molecular weight is 344 g/mol. The predicted octanol–water partition coefficient (Wildman–Crippen LogP) is 3.96. The summed E-state index contributed by atoms with van der Waals surface area (Å²) in [5.74, 6) is 1.34. The fraction of sp³-hybridized carbons (Fsp3) is 0.133. The fourth-order valence-electron chi connectivity index (χ4n) is 2.04. The Morgan fingerprint density at radius 1 is 1.19 bits per heavy atom. The summed E-state index contributed by atoms with van der Waals surface area (Å²) in [5.41, 5.74) is 1.82. The molecule has 2 aromatic heterocycles. The van der Waals surface area contributed by atoms with Crippen LogP contribution in [0, 0.1) is 0 Å². The highest BCUT2D eigenvalue weighted by atomic mass is 79.9. The number of para-hydroxylation sites is 1. The lowest BCUT2D eigenvalue weighted by Gasteiger charge is -2.09. The largest absolute Gasteiger partial charge is 0.354 e. The van der Waals surface area contributed by atoms with Crippen LogP contribution in [0.1, 0.15) is 6.92 Å². The second kappa shape index (κ2) is 6.05. The maximum absolute atomic E-state index is 4.47. The third-order valence-corrected chi connectivity index (χ3v) is 3.36. The summed E-state index contributed by atoms with van der Waals surface area (Å²) in [7, 11) is 0. The number of hydrogen-bond donors (Lipinski definition) is 2. The molecule has 1 aromatic carbocycles. The molecule has 0 radical (unpaired) electrons. The first-order chi connectivity index (χ1) is 10.3. The van der Waals surface area contributed by atoms with Crippen LogP contribution in [-0.4, -0.2) is 21.5 Å². The third-order valence-electron chi connectivity index (χ3n) is 2.93. The summed E-state index contributed by atoms with van der Waals surface area (Å²) in [6.07, 6.45) is 3.51. The lowest BCUT2D eigenvalue weighted by molar-refractivity contribution is 1.09. The molecule has 0 atom stereocenters. The molecule has 2 heterocycles. The molecule has 3 aromatic rings. The van der Waals surface area contributed by atoms with Crippen molar-refractivity contribution in [2.45, 2.75) is 6.92 Å². The molecule has 0 spiro atoms. The van der Waals surface area contributed by atoms with Crippen molar-refractivity contribution in [1.82, 2.24) is 15.0 Å². The van der Waals surface area contributed by atoms with Gasteiger partial charge in [0.2, 0.25) is 5.95 Å². The Morgan fingerprint density at radius 2 is 2.10 bits per heavy atom. The molecule has 0 aliphatic rings. The van der Waals surface area contributed by atoms with E-state index in [0.717, 1.165) is 33.4 Å². The molecule has 2 N–H and O–H groups in total. The molecule has 6 heteroatoms. The molecule has 106 valence electrons. The number of hydrogen-bond acceptors (Lipinski definition) is 5. The lowest BCUT2D eigenvalue weighted by Crippen LogP contribution is -2.03. The maximum atomic E-state index is 4.47. The van der Waals surface area contributed by atoms with Crippen LogP contribution in [0.5, 0.6) is 0 Å². The smallest absolute Gasteiger partial charge is 0.224 e. The van der Waals surface area contributed by atoms with Gasteiger partial charge in [0.05, 0.1) is 11.2 Å². The van der Waals surface area contributed by atoms with Crippen LogP contribution in [0.15, 0.2) is 47.2 Å². The molecule has 0 fully saturated rings. The van der Waals surface area contributed by atoms with Crippen LogP contribution in [0.3, 0.4) is 0 Å². The van der Waals surface area contributed by atoms with E-state index in [9.17, 15) is 0 Å². The second-order valence-electron chi connectivity index (χ2n) is 4.45. The molecule has 0 aliphatic carbocycles. The van der Waals surface area contributed by atoms with Gasteiger partial charge in [0.1, 0.15) is 5.82 Å². The quantitative estimate of drug-likeness (QED) is 0.750. The van der Waals surface area contributed by atoms with Crippen LogP contribution in [-0.2, 0) is 0 Å². The zero-order chi connectivity index (χ0) is 14.7. The Balaban J connectivity index is 1.96. The Bertz CT molecular complexity index is 775. The number of anilines is 3. The molecule has 0 unspecified atom stereocenters. The number of pyridine rings is 1. The van der Waals surface area contributed by atoms with E-state index in [0.29, 0.717) is 5.95 Å². The van der Waals surface area contributed by atoms with Gasteiger partial charge in [-0.05, 0) is 41.1 Å². The van der Waals surface area contributed by atoms with E-state index >= 15 is 0 Å². The van der Waals surface area contributed by atoms with E-state index in [1.54, 1.807) is 12.4 Å². The van der Waals surface area contributed by atoms with Gasteiger partial charge in [-0.2, -0.15) is 4.98 Å². The van der Waals surface area contributed by atoms with Crippen LogP contribution < -0.4 is 10.6 Å². The van der Waals surface area contributed by atoms with Crippen molar-refractivity contribution in [2.75, 3.05) is 17.2 Å². The van der Waals surface area contributed by atoms with Gasteiger partial charge in [-0.3, -0.25) is 4.98 Å². The zero-order valence-electron chi connectivity index (χ0n) is 11.5. The standard InChI is InChI=1S/C15H14BrN5/c1-2-17-15-18-7-6-13(21-15)20-12-5-3-4-10-8-11(16)9-19-14(10)12/h3-9H,2H2,1H3,(H2,17,18,20,21). The van der Waals surface area contributed by atoms with Crippen molar-refractivity contribution in [3.8, 4) is 0 Å². The van der Waals surface area contributed by atoms with Crippen molar-refractivity contribution in [3.63, 3.8) is 0 Å². The van der Waals surface area contributed by atoms with Crippen molar-refractivity contribution in [2.24, 2.45) is 0 Å². The molecular formula is C15H14BrN5. The number of nitrogens with one attached hydrogen (secondary N) is 2. The monoisotopic (exact) mass is 343 g/mol. The van der Waals surface area contributed by atoms with Gasteiger partial charge in [-0.1, -0.05) is 12.1 Å². The summed E-state index contributed by atoms with van der Waals surface area (Å²) in [6, 6.07) is 9.88. The molecular weight excluding hydrogens is 330 g/mol. The lowest BCUT2D eigenvalue weighted by atomic mass is 10.2. The number of fused-ring (bicyclic) bond motifs is 1. The van der Waals surface area contributed by atoms with Gasteiger partial charge in [-0.25, -0.2) is 4.98 Å². The number of halogens is 1. The highest BCUT2D eigenvalue weighted by Crippen LogP contribution is 2.26. The normalized spacial score (nSPS) is 10.6.